The molecule has 1 aliphatic rings. The molecule has 0 radical (unpaired) electrons. The fraction of sp³-hybridized carbons (Fsp3) is 0.167. The standard InChI is InChI=1S/C24H21NO5/c1-29-17-11-7-15(8-12-17)22-21(24(27)28)19-5-3-4-6-20(19)23(26)25(22)16-9-13-18(30-2)14-10-16/h3-14,21-22H,1-2H3,(H,27,28)/t21-,22-/m1/s1. The number of aliphatic carboxylic acids is 1. The van der Waals surface area contributed by atoms with Crippen molar-refractivity contribution in [3.05, 3.63) is 89.5 Å². The van der Waals surface area contributed by atoms with Crippen molar-refractivity contribution in [2.45, 2.75) is 12.0 Å². The molecule has 0 saturated heterocycles. The molecule has 1 amide bonds. The number of benzene rings is 3. The Kier molecular flexibility index (Phi) is 5.14. The number of ether oxygens (including phenoxy) is 2. The minimum absolute atomic E-state index is 0.242. The molecule has 0 aliphatic carbocycles. The van der Waals surface area contributed by atoms with E-state index in [9.17, 15) is 14.7 Å². The van der Waals surface area contributed by atoms with Gasteiger partial charge in [0.2, 0.25) is 0 Å². The molecule has 3 aromatic carbocycles. The van der Waals surface area contributed by atoms with Crippen LogP contribution in [0.4, 0.5) is 5.69 Å². The van der Waals surface area contributed by atoms with E-state index in [0.717, 1.165) is 0 Å². The zero-order chi connectivity index (χ0) is 21.3. The predicted octanol–water partition coefficient (Wildman–Crippen LogP) is 4.27. The molecule has 0 aromatic heterocycles. The van der Waals surface area contributed by atoms with Crippen molar-refractivity contribution in [1.29, 1.82) is 0 Å². The quantitative estimate of drug-likeness (QED) is 0.688. The number of carboxylic acid groups (broad SMARTS) is 1. The maximum atomic E-state index is 13.5. The summed E-state index contributed by atoms with van der Waals surface area (Å²) in [7, 11) is 3.14. The molecule has 0 spiro atoms. The highest BCUT2D eigenvalue weighted by Gasteiger charge is 2.44. The Balaban J connectivity index is 1.93. The van der Waals surface area contributed by atoms with E-state index in [4.69, 9.17) is 9.47 Å². The van der Waals surface area contributed by atoms with Crippen LogP contribution >= 0.6 is 0 Å². The molecule has 6 heteroatoms. The summed E-state index contributed by atoms with van der Waals surface area (Å²) in [4.78, 5) is 27.5. The normalized spacial score (nSPS) is 17.9. The number of hydrogen-bond donors (Lipinski definition) is 1. The van der Waals surface area contributed by atoms with Crippen LogP contribution in [-0.2, 0) is 4.79 Å². The average molecular weight is 403 g/mol. The third-order valence-corrected chi connectivity index (χ3v) is 5.41. The molecule has 0 unspecified atom stereocenters. The van der Waals surface area contributed by atoms with Crippen molar-refractivity contribution in [1.82, 2.24) is 0 Å². The molecular weight excluding hydrogens is 382 g/mol. The molecule has 30 heavy (non-hydrogen) atoms. The molecule has 4 rings (SSSR count). The minimum Gasteiger partial charge on any atom is -0.497 e. The number of carbonyl (C=O) groups is 2. The monoisotopic (exact) mass is 403 g/mol. The van der Waals surface area contributed by atoms with Crippen LogP contribution in [-0.4, -0.2) is 31.2 Å². The summed E-state index contributed by atoms with van der Waals surface area (Å²) >= 11 is 0. The lowest BCUT2D eigenvalue weighted by Crippen LogP contribution is -2.45. The first kappa shape index (κ1) is 19.5. The zero-order valence-corrected chi connectivity index (χ0v) is 16.6. The summed E-state index contributed by atoms with van der Waals surface area (Å²) in [6, 6.07) is 20.4. The van der Waals surface area contributed by atoms with Crippen LogP contribution in [0.25, 0.3) is 0 Å². The maximum absolute atomic E-state index is 13.5. The van der Waals surface area contributed by atoms with Gasteiger partial charge in [-0.05, 0) is 53.6 Å². The third-order valence-electron chi connectivity index (χ3n) is 5.41. The number of carbonyl (C=O) groups excluding carboxylic acids is 1. The van der Waals surface area contributed by atoms with Crippen LogP contribution in [0.5, 0.6) is 11.5 Å². The zero-order valence-electron chi connectivity index (χ0n) is 16.6. The highest BCUT2D eigenvalue weighted by molar-refractivity contribution is 6.11. The molecule has 0 fully saturated rings. The predicted molar refractivity (Wildman–Crippen MR) is 112 cm³/mol. The smallest absolute Gasteiger partial charge is 0.313 e. The van der Waals surface area contributed by atoms with Gasteiger partial charge in [-0.3, -0.25) is 14.5 Å². The summed E-state index contributed by atoms with van der Waals surface area (Å²) in [6.45, 7) is 0. The number of carboxylic acids is 1. The Bertz CT molecular complexity index is 1080. The van der Waals surface area contributed by atoms with Gasteiger partial charge >= 0.3 is 5.97 Å². The molecule has 152 valence electrons. The van der Waals surface area contributed by atoms with Gasteiger partial charge in [0.25, 0.3) is 5.91 Å². The third kappa shape index (κ3) is 3.26. The first-order chi connectivity index (χ1) is 14.5. The topological polar surface area (TPSA) is 76.1 Å². The van der Waals surface area contributed by atoms with Crippen LogP contribution < -0.4 is 14.4 Å². The largest absolute Gasteiger partial charge is 0.497 e. The molecule has 6 nitrogen and oxygen atoms in total. The van der Waals surface area contributed by atoms with Crippen LogP contribution in [0.2, 0.25) is 0 Å². The molecule has 3 aromatic rings. The van der Waals surface area contributed by atoms with Crippen LogP contribution in [0.1, 0.15) is 33.4 Å². The van der Waals surface area contributed by atoms with Crippen LogP contribution in [0, 0.1) is 0 Å². The molecule has 1 aliphatic heterocycles. The number of nitrogens with zero attached hydrogens (tertiary/aromatic N) is 1. The molecule has 0 bridgehead atoms. The molecule has 2 atom stereocenters. The van der Waals surface area contributed by atoms with Gasteiger partial charge in [0.05, 0.1) is 20.3 Å². The van der Waals surface area contributed by atoms with E-state index in [1.165, 1.54) is 0 Å². The second kappa shape index (κ2) is 7.91. The lowest BCUT2D eigenvalue weighted by atomic mass is 9.79. The Hall–Kier alpha value is -3.80. The second-order valence-electron chi connectivity index (χ2n) is 6.99. The molecule has 1 N–H and O–H groups in total. The highest BCUT2D eigenvalue weighted by atomic mass is 16.5. The molecule has 1 heterocycles. The van der Waals surface area contributed by atoms with Crippen molar-refractivity contribution >= 4 is 17.6 Å². The van der Waals surface area contributed by atoms with E-state index in [1.54, 1.807) is 91.9 Å². The van der Waals surface area contributed by atoms with Gasteiger partial charge in [0.15, 0.2) is 0 Å². The first-order valence-corrected chi connectivity index (χ1v) is 9.48. The summed E-state index contributed by atoms with van der Waals surface area (Å²) < 4.78 is 10.5. The van der Waals surface area contributed by atoms with Crippen molar-refractivity contribution in [2.24, 2.45) is 0 Å². The van der Waals surface area contributed by atoms with Crippen molar-refractivity contribution in [2.75, 3.05) is 19.1 Å². The van der Waals surface area contributed by atoms with Gasteiger partial charge in [-0.2, -0.15) is 0 Å². The summed E-state index contributed by atoms with van der Waals surface area (Å²) in [5, 5.41) is 10.2. The summed E-state index contributed by atoms with van der Waals surface area (Å²) in [5.74, 6) is -0.846. The minimum atomic E-state index is -0.991. The average Bonchev–Trinajstić information content (AvgIpc) is 2.79. The second-order valence-corrected chi connectivity index (χ2v) is 6.99. The number of methoxy groups -OCH3 is 2. The fourth-order valence-electron chi connectivity index (χ4n) is 3.97. The van der Waals surface area contributed by atoms with E-state index in [0.29, 0.717) is 33.9 Å². The Morgan fingerprint density at radius 2 is 1.43 bits per heavy atom. The van der Waals surface area contributed by atoms with Gasteiger partial charge in [-0.1, -0.05) is 30.3 Å². The molecular formula is C24H21NO5. The van der Waals surface area contributed by atoms with Gasteiger partial charge < -0.3 is 14.6 Å². The fourth-order valence-corrected chi connectivity index (χ4v) is 3.97. The van der Waals surface area contributed by atoms with E-state index in [-0.39, 0.29) is 5.91 Å². The number of anilines is 1. The highest BCUT2D eigenvalue weighted by Crippen LogP contribution is 2.45. The van der Waals surface area contributed by atoms with Gasteiger partial charge in [-0.25, -0.2) is 0 Å². The van der Waals surface area contributed by atoms with E-state index in [1.807, 2.05) is 0 Å². The van der Waals surface area contributed by atoms with E-state index >= 15 is 0 Å². The maximum Gasteiger partial charge on any atom is 0.313 e. The van der Waals surface area contributed by atoms with Crippen molar-refractivity contribution in [3.63, 3.8) is 0 Å². The van der Waals surface area contributed by atoms with Gasteiger partial charge in [-0.15, -0.1) is 0 Å². The summed E-state index contributed by atoms with van der Waals surface area (Å²) in [5.41, 5.74) is 2.22. The number of hydrogen-bond acceptors (Lipinski definition) is 4. The van der Waals surface area contributed by atoms with Crippen LogP contribution in [0.15, 0.2) is 72.8 Å². The van der Waals surface area contributed by atoms with Crippen molar-refractivity contribution in [3.8, 4) is 11.5 Å². The number of amides is 1. The van der Waals surface area contributed by atoms with Gasteiger partial charge in [0.1, 0.15) is 17.4 Å². The first-order valence-electron chi connectivity index (χ1n) is 9.48. The Labute approximate surface area is 174 Å². The number of fused-ring (bicyclic) bond motifs is 1. The van der Waals surface area contributed by atoms with Crippen LogP contribution in [0.3, 0.4) is 0 Å². The van der Waals surface area contributed by atoms with Crippen molar-refractivity contribution < 1.29 is 24.2 Å². The molecule has 0 saturated carbocycles. The van der Waals surface area contributed by atoms with E-state index < -0.39 is 17.9 Å². The van der Waals surface area contributed by atoms with Gasteiger partial charge in [0, 0.05) is 11.3 Å². The van der Waals surface area contributed by atoms with E-state index in [2.05, 4.69) is 0 Å². The Morgan fingerprint density at radius 1 is 0.867 bits per heavy atom. The summed E-state index contributed by atoms with van der Waals surface area (Å²) in [6.07, 6.45) is 0. The SMILES string of the molecule is COc1ccc([C@@H]2[C@H](C(=O)O)c3ccccc3C(=O)N2c2ccc(OC)cc2)cc1. The lowest BCUT2D eigenvalue weighted by Gasteiger charge is -2.40. The lowest BCUT2D eigenvalue weighted by molar-refractivity contribution is -0.139. The number of rotatable bonds is 5. The Morgan fingerprint density at radius 3 is 2.00 bits per heavy atom.